The first-order valence-corrected chi connectivity index (χ1v) is 6.15. The fraction of sp³-hybridized carbons (Fsp3) is 0.462. The van der Waals surface area contributed by atoms with Crippen molar-refractivity contribution < 1.29 is 9.18 Å². The van der Waals surface area contributed by atoms with E-state index in [-0.39, 0.29) is 11.6 Å². The van der Waals surface area contributed by atoms with E-state index in [2.05, 4.69) is 5.32 Å². The number of benzene rings is 1. The molecular formula is C13H15ClFNO. The van der Waals surface area contributed by atoms with Crippen LogP contribution < -0.4 is 5.32 Å². The quantitative estimate of drug-likeness (QED) is 0.842. The van der Waals surface area contributed by atoms with Crippen LogP contribution in [0.1, 0.15) is 28.8 Å². The Morgan fingerprint density at radius 3 is 3.00 bits per heavy atom. The Balaban J connectivity index is 2.15. The lowest BCUT2D eigenvalue weighted by atomic mass is 9.97. The number of hydrogen-bond donors (Lipinski definition) is 1. The molecule has 0 spiro atoms. The topological polar surface area (TPSA) is 29.1 Å². The highest BCUT2D eigenvalue weighted by Gasteiger charge is 2.21. The van der Waals surface area contributed by atoms with E-state index < -0.39 is 0 Å². The maximum absolute atomic E-state index is 13.4. The van der Waals surface area contributed by atoms with Gasteiger partial charge in [-0.25, -0.2) is 4.39 Å². The van der Waals surface area contributed by atoms with Gasteiger partial charge in [0.2, 0.25) is 0 Å². The lowest BCUT2D eigenvalue weighted by Crippen LogP contribution is -2.13. The molecule has 1 aliphatic heterocycles. The molecule has 1 aliphatic rings. The Bertz CT molecular complexity index is 441. The molecule has 1 N–H and O–H groups in total. The third kappa shape index (κ3) is 2.85. The molecule has 4 heteroatoms. The molecule has 2 rings (SSSR count). The normalized spacial score (nSPS) is 19.6. The SMILES string of the molecule is Cc1cc(Cl)c(C(=O)CC2CCNC2)cc1F. The summed E-state index contributed by atoms with van der Waals surface area (Å²) in [5.74, 6) is -0.0900. The summed E-state index contributed by atoms with van der Waals surface area (Å²) in [5.41, 5.74) is 0.774. The second-order valence-electron chi connectivity index (χ2n) is 4.57. The Morgan fingerprint density at radius 1 is 1.59 bits per heavy atom. The minimum atomic E-state index is -0.373. The van der Waals surface area contributed by atoms with Gasteiger partial charge in [0, 0.05) is 12.0 Å². The minimum absolute atomic E-state index is 0.0670. The second-order valence-corrected chi connectivity index (χ2v) is 4.97. The van der Waals surface area contributed by atoms with Crippen molar-refractivity contribution in [1.29, 1.82) is 0 Å². The summed E-state index contributed by atoms with van der Waals surface area (Å²) in [5, 5.41) is 3.55. The molecule has 1 unspecified atom stereocenters. The van der Waals surface area contributed by atoms with Gasteiger partial charge >= 0.3 is 0 Å². The van der Waals surface area contributed by atoms with Crippen molar-refractivity contribution in [3.8, 4) is 0 Å². The zero-order valence-corrected chi connectivity index (χ0v) is 10.5. The first kappa shape index (κ1) is 12.5. The molecule has 1 fully saturated rings. The summed E-state index contributed by atoms with van der Waals surface area (Å²) >= 11 is 5.98. The number of aryl methyl sites for hydroxylation is 1. The first-order valence-electron chi connectivity index (χ1n) is 5.77. The molecule has 0 aliphatic carbocycles. The monoisotopic (exact) mass is 255 g/mol. The molecule has 1 saturated heterocycles. The van der Waals surface area contributed by atoms with E-state index in [1.165, 1.54) is 12.1 Å². The van der Waals surface area contributed by atoms with Crippen LogP contribution in [0.3, 0.4) is 0 Å². The van der Waals surface area contributed by atoms with Crippen molar-refractivity contribution in [3.05, 3.63) is 34.1 Å². The van der Waals surface area contributed by atoms with Gasteiger partial charge in [-0.1, -0.05) is 11.6 Å². The number of ketones is 1. The maximum atomic E-state index is 13.4. The summed E-state index contributed by atoms with van der Waals surface area (Å²) in [6.45, 7) is 3.45. The van der Waals surface area contributed by atoms with Crippen LogP contribution in [0.25, 0.3) is 0 Å². The molecule has 2 nitrogen and oxygen atoms in total. The zero-order chi connectivity index (χ0) is 12.4. The number of hydrogen-bond acceptors (Lipinski definition) is 2. The van der Waals surface area contributed by atoms with Crippen LogP contribution in [0.4, 0.5) is 4.39 Å². The smallest absolute Gasteiger partial charge is 0.164 e. The fourth-order valence-corrected chi connectivity index (χ4v) is 2.44. The van der Waals surface area contributed by atoms with Crippen LogP contribution in [-0.4, -0.2) is 18.9 Å². The van der Waals surface area contributed by atoms with Crippen LogP contribution in [0.2, 0.25) is 5.02 Å². The summed E-state index contributed by atoms with van der Waals surface area (Å²) in [4.78, 5) is 12.0. The molecule has 0 amide bonds. The minimum Gasteiger partial charge on any atom is -0.316 e. The van der Waals surface area contributed by atoms with Gasteiger partial charge in [-0.3, -0.25) is 4.79 Å². The van der Waals surface area contributed by atoms with Crippen molar-refractivity contribution in [2.45, 2.75) is 19.8 Å². The highest BCUT2D eigenvalue weighted by molar-refractivity contribution is 6.34. The van der Waals surface area contributed by atoms with Crippen molar-refractivity contribution in [3.63, 3.8) is 0 Å². The van der Waals surface area contributed by atoms with Gasteiger partial charge in [0.25, 0.3) is 0 Å². The molecule has 0 bridgehead atoms. The van der Waals surface area contributed by atoms with Crippen molar-refractivity contribution in [2.24, 2.45) is 5.92 Å². The summed E-state index contributed by atoms with van der Waals surface area (Å²) in [6.07, 6.45) is 1.44. The predicted molar refractivity (Wildman–Crippen MR) is 66.1 cm³/mol. The third-order valence-electron chi connectivity index (χ3n) is 3.19. The lowest BCUT2D eigenvalue weighted by molar-refractivity contribution is 0.0964. The van der Waals surface area contributed by atoms with Gasteiger partial charge in [0.1, 0.15) is 5.82 Å². The molecule has 0 saturated carbocycles. The Labute approximate surface area is 105 Å². The van der Waals surface area contributed by atoms with Crippen molar-refractivity contribution >= 4 is 17.4 Å². The number of carbonyl (C=O) groups is 1. The number of halogens is 2. The number of Topliss-reactive ketones (excluding diaryl/α,β-unsaturated/α-hetero) is 1. The lowest BCUT2D eigenvalue weighted by Gasteiger charge is -2.09. The van der Waals surface area contributed by atoms with Gasteiger partial charge in [0.05, 0.1) is 5.02 Å². The molecule has 1 aromatic rings. The summed E-state index contributed by atoms with van der Waals surface area (Å²) < 4.78 is 13.4. The second kappa shape index (κ2) is 5.15. The molecule has 17 heavy (non-hydrogen) atoms. The van der Waals surface area contributed by atoms with Crippen molar-refractivity contribution in [1.82, 2.24) is 5.32 Å². The van der Waals surface area contributed by atoms with E-state index in [4.69, 9.17) is 11.6 Å². The first-order chi connectivity index (χ1) is 8.08. The van der Waals surface area contributed by atoms with E-state index in [9.17, 15) is 9.18 Å². The molecule has 1 aromatic carbocycles. The number of nitrogens with one attached hydrogen (secondary N) is 1. The van der Waals surface area contributed by atoms with E-state index in [0.717, 1.165) is 19.5 Å². The molecule has 0 radical (unpaired) electrons. The van der Waals surface area contributed by atoms with Gasteiger partial charge in [-0.05, 0) is 50.0 Å². The zero-order valence-electron chi connectivity index (χ0n) is 9.72. The molecule has 1 heterocycles. The molecule has 1 atom stereocenters. The standard InChI is InChI=1S/C13H15ClFNO/c1-8-4-11(14)10(6-12(8)15)13(17)5-9-2-3-16-7-9/h4,6,9,16H,2-3,5,7H2,1H3. The predicted octanol–water partition coefficient (Wildman–Crippen LogP) is 2.97. The maximum Gasteiger partial charge on any atom is 0.164 e. The van der Waals surface area contributed by atoms with Gasteiger partial charge < -0.3 is 5.32 Å². The van der Waals surface area contributed by atoms with E-state index >= 15 is 0 Å². The number of carbonyl (C=O) groups excluding carboxylic acids is 1. The molecular weight excluding hydrogens is 241 g/mol. The van der Waals surface area contributed by atoms with E-state index in [1.807, 2.05) is 0 Å². The van der Waals surface area contributed by atoms with Crippen molar-refractivity contribution in [2.75, 3.05) is 13.1 Å². The summed E-state index contributed by atoms with van der Waals surface area (Å²) in [6, 6.07) is 2.76. The Kier molecular flexibility index (Phi) is 3.79. The fourth-order valence-electron chi connectivity index (χ4n) is 2.12. The Hall–Kier alpha value is -0.930. The highest BCUT2D eigenvalue weighted by Crippen LogP contribution is 2.24. The van der Waals surface area contributed by atoms with E-state index in [0.29, 0.717) is 28.5 Å². The average molecular weight is 256 g/mol. The van der Waals surface area contributed by atoms with Crippen LogP contribution in [0.15, 0.2) is 12.1 Å². The van der Waals surface area contributed by atoms with Gasteiger partial charge in [0.15, 0.2) is 5.78 Å². The average Bonchev–Trinajstić information content (AvgIpc) is 2.76. The number of rotatable bonds is 3. The van der Waals surface area contributed by atoms with Crippen LogP contribution >= 0.6 is 11.6 Å². The summed E-state index contributed by atoms with van der Waals surface area (Å²) in [7, 11) is 0. The molecule has 92 valence electrons. The Morgan fingerprint density at radius 2 is 2.35 bits per heavy atom. The van der Waals surface area contributed by atoms with E-state index in [1.54, 1.807) is 6.92 Å². The highest BCUT2D eigenvalue weighted by atomic mass is 35.5. The van der Waals surface area contributed by atoms with Crippen LogP contribution in [0, 0.1) is 18.7 Å². The van der Waals surface area contributed by atoms with Crippen LogP contribution in [-0.2, 0) is 0 Å². The third-order valence-corrected chi connectivity index (χ3v) is 3.50. The van der Waals surface area contributed by atoms with Gasteiger partial charge in [-0.2, -0.15) is 0 Å². The largest absolute Gasteiger partial charge is 0.316 e. The molecule has 0 aromatic heterocycles. The van der Waals surface area contributed by atoms with Crippen LogP contribution in [0.5, 0.6) is 0 Å². The van der Waals surface area contributed by atoms with Gasteiger partial charge in [-0.15, -0.1) is 0 Å².